The quantitative estimate of drug-likeness (QED) is 0.763. The van der Waals surface area contributed by atoms with E-state index >= 15 is 0 Å². The van der Waals surface area contributed by atoms with Crippen molar-refractivity contribution in [3.8, 4) is 0 Å². The molecule has 1 atom stereocenters. The number of hydrogen-bond acceptors (Lipinski definition) is 3. The molecule has 2 rings (SSSR count). The molecule has 0 aromatic rings. The Morgan fingerprint density at radius 3 is 2.76 bits per heavy atom. The summed E-state index contributed by atoms with van der Waals surface area (Å²) in [6.45, 7) is 2.79. The molecule has 1 aliphatic heterocycles. The van der Waals surface area contributed by atoms with Crippen LogP contribution in [0.25, 0.3) is 0 Å². The standard InChI is InChI=1S/C13H25N3O/c1-15-9-11-5-4-8-16(10-11)12(17)13(14)6-2-3-7-13/h11,15H,2-10,14H2,1H3/t11-/m1/s1. The van der Waals surface area contributed by atoms with Gasteiger partial charge in [-0.1, -0.05) is 12.8 Å². The molecular formula is C13H25N3O. The van der Waals surface area contributed by atoms with Crippen LogP contribution >= 0.6 is 0 Å². The Morgan fingerprint density at radius 1 is 1.41 bits per heavy atom. The number of rotatable bonds is 3. The smallest absolute Gasteiger partial charge is 0.242 e. The summed E-state index contributed by atoms with van der Waals surface area (Å²) in [6.07, 6.45) is 6.31. The fraction of sp³-hybridized carbons (Fsp3) is 0.923. The van der Waals surface area contributed by atoms with E-state index in [2.05, 4.69) is 5.32 Å². The molecule has 4 nitrogen and oxygen atoms in total. The molecule has 0 aromatic carbocycles. The van der Waals surface area contributed by atoms with Gasteiger partial charge >= 0.3 is 0 Å². The van der Waals surface area contributed by atoms with Crippen LogP contribution in [0.5, 0.6) is 0 Å². The van der Waals surface area contributed by atoms with Crippen LogP contribution < -0.4 is 11.1 Å². The molecule has 1 heterocycles. The Labute approximate surface area is 104 Å². The van der Waals surface area contributed by atoms with Gasteiger partial charge in [0.25, 0.3) is 0 Å². The van der Waals surface area contributed by atoms with Gasteiger partial charge < -0.3 is 16.0 Å². The number of nitrogens with two attached hydrogens (primary N) is 1. The van der Waals surface area contributed by atoms with Crippen molar-refractivity contribution >= 4 is 5.91 Å². The second-order valence-electron chi connectivity index (χ2n) is 5.68. The molecule has 1 amide bonds. The first-order valence-electron chi connectivity index (χ1n) is 6.88. The second kappa shape index (κ2) is 5.36. The zero-order valence-electron chi connectivity index (χ0n) is 10.9. The van der Waals surface area contributed by atoms with Crippen molar-refractivity contribution in [1.29, 1.82) is 0 Å². The third-order valence-corrected chi connectivity index (χ3v) is 4.22. The topological polar surface area (TPSA) is 58.4 Å². The molecule has 0 unspecified atom stereocenters. The minimum absolute atomic E-state index is 0.204. The molecule has 0 bridgehead atoms. The Hall–Kier alpha value is -0.610. The molecule has 0 radical (unpaired) electrons. The third kappa shape index (κ3) is 2.80. The minimum atomic E-state index is -0.540. The van der Waals surface area contributed by atoms with E-state index in [-0.39, 0.29) is 5.91 Å². The van der Waals surface area contributed by atoms with E-state index in [0.717, 1.165) is 51.7 Å². The van der Waals surface area contributed by atoms with E-state index < -0.39 is 5.54 Å². The highest BCUT2D eigenvalue weighted by molar-refractivity contribution is 5.86. The highest BCUT2D eigenvalue weighted by atomic mass is 16.2. The first-order valence-corrected chi connectivity index (χ1v) is 6.88. The molecule has 0 aromatic heterocycles. The molecule has 3 N–H and O–H groups in total. The van der Waals surface area contributed by atoms with Crippen LogP contribution in [-0.2, 0) is 4.79 Å². The lowest BCUT2D eigenvalue weighted by Gasteiger charge is -2.37. The van der Waals surface area contributed by atoms with Crippen LogP contribution in [0.2, 0.25) is 0 Å². The Morgan fingerprint density at radius 2 is 2.12 bits per heavy atom. The molecule has 2 aliphatic rings. The van der Waals surface area contributed by atoms with Gasteiger partial charge in [0, 0.05) is 13.1 Å². The number of carbonyl (C=O) groups excluding carboxylic acids is 1. The largest absolute Gasteiger partial charge is 0.341 e. The predicted octanol–water partition coefficient (Wildman–Crippen LogP) is 0.716. The van der Waals surface area contributed by atoms with Gasteiger partial charge in [-0.05, 0) is 45.2 Å². The summed E-state index contributed by atoms with van der Waals surface area (Å²) in [5, 5.41) is 3.21. The number of nitrogens with one attached hydrogen (secondary N) is 1. The van der Waals surface area contributed by atoms with E-state index in [9.17, 15) is 4.79 Å². The van der Waals surface area contributed by atoms with Gasteiger partial charge in [0.15, 0.2) is 0 Å². The summed E-state index contributed by atoms with van der Waals surface area (Å²) in [6, 6.07) is 0. The van der Waals surface area contributed by atoms with E-state index in [1.807, 2.05) is 11.9 Å². The van der Waals surface area contributed by atoms with Crippen molar-refractivity contribution in [2.24, 2.45) is 11.7 Å². The van der Waals surface area contributed by atoms with Crippen molar-refractivity contribution in [3.05, 3.63) is 0 Å². The third-order valence-electron chi connectivity index (χ3n) is 4.22. The van der Waals surface area contributed by atoms with Crippen molar-refractivity contribution in [2.75, 3.05) is 26.7 Å². The fourth-order valence-corrected chi connectivity index (χ4v) is 3.24. The van der Waals surface area contributed by atoms with Crippen LogP contribution in [0.15, 0.2) is 0 Å². The van der Waals surface area contributed by atoms with Crippen LogP contribution in [0.3, 0.4) is 0 Å². The van der Waals surface area contributed by atoms with Crippen molar-refractivity contribution in [1.82, 2.24) is 10.2 Å². The lowest BCUT2D eigenvalue weighted by Crippen LogP contribution is -2.56. The number of nitrogens with zero attached hydrogens (tertiary/aromatic N) is 1. The SMILES string of the molecule is CNC[C@H]1CCCN(C(=O)C2(N)CCCC2)C1. The number of hydrogen-bond donors (Lipinski definition) is 2. The predicted molar refractivity (Wildman–Crippen MR) is 68.6 cm³/mol. The van der Waals surface area contributed by atoms with Crippen LogP contribution in [-0.4, -0.2) is 43.0 Å². The maximum atomic E-state index is 12.5. The Balaban J connectivity index is 1.94. The monoisotopic (exact) mass is 239 g/mol. The van der Waals surface area contributed by atoms with Crippen LogP contribution in [0.4, 0.5) is 0 Å². The van der Waals surface area contributed by atoms with Gasteiger partial charge in [0.1, 0.15) is 0 Å². The first kappa shape index (κ1) is 12.8. The number of carbonyl (C=O) groups is 1. The molecular weight excluding hydrogens is 214 g/mol. The number of likely N-dealkylation sites (tertiary alicyclic amines) is 1. The van der Waals surface area contributed by atoms with Gasteiger partial charge in [0.2, 0.25) is 5.91 Å². The highest BCUT2D eigenvalue weighted by Gasteiger charge is 2.40. The molecule has 1 aliphatic carbocycles. The molecule has 1 saturated heterocycles. The van der Waals surface area contributed by atoms with Gasteiger partial charge in [-0.15, -0.1) is 0 Å². The summed E-state index contributed by atoms with van der Waals surface area (Å²) in [4.78, 5) is 14.5. The maximum absolute atomic E-state index is 12.5. The number of amides is 1. The zero-order valence-corrected chi connectivity index (χ0v) is 10.9. The van der Waals surface area contributed by atoms with E-state index in [1.54, 1.807) is 0 Å². The van der Waals surface area contributed by atoms with Gasteiger partial charge in [-0.3, -0.25) is 4.79 Å². The van der Waals surface area contributed by atoms with Gasteiger partial charge in [0.05, 0.1) is 5.54 Å². The summed E-state index contributed by atoms with van der Waals surface area (Å²) in [5.41, 5.74) is 5.71. The maximum Gasteiger partial charge on any atom is 0.242 e. The first-order chi connectivity index (χ1) is 8.15. The molecule has 98 valence electrons. The molecule has 4 heteroatoms. The fourth-order valence-electron chi connectivity index (χ4n) is 3.24. The average molecular weight is 239 g/mol. The van der Waals surface area contributed by atoms with E-state index in [4.69, 9.17) is 5.73 Å². The van der Waals surface area contributed by atoms with Crippen molar-refractivity contribution in [3.63, 3.8) is 0 Å². The van der Waals surface area contributed by atoms with Crippen molar-refractivity contribution in [2.45, 2.75) is 44.1 Å². The van der Waals surface area contributed by atoms with Crippen LogP contribution in [0.1, 0.15) is 38.5 Å². The summed E-state index contributed by atoms with van der Waals surface area (Å²) in [7, 11) is 1.97. The lowest BCUT2D eigenvalue weighted by molar-refractivity contribution is -0.138. The minimum Gasteiger partial charge on any atom is -0.341 e. The normalized spacial score (nSPS) is 28.4. The summed E-state index contributed by atoms with van der Waals surface area (Å²) in [5.74, 6) is 0.804. The Bertz CT molecular complexity index is 272. The molecule has 17 heavy (non-hydrogen) atoms. The second-order valence-corrected chi connectivity index (χ2v) is 5.68. The summed E-state index contributed by atoms with van der Waals surface area (Å²) >= 11 is 0. The van der Waals surface area contributed by atoms with E-state index in [1.165, 1.54) is 6.42 Å². The average Bonchev–Trinajstić information content (AvgIpc) is 2.77. The number of piperidine rings is 1. The lowest BCUT2D eigenvalue weighted by atomic mass is 9.92. The highest BCUT2D eigenvalue weighted by Crippen LogP contribution is 2.30. The zero-order chi connectivity index (χ0) is 12.3. The van der Waals surface area contributed by atoms with Crippen molar-refractivity contribution < 1.29 is 4.79 Å². The Kier molecular flexibility index (Phi) is 4.05. The molecule has 1 saturated carbocycles. The van der Waals surface area contributed by atoms with Gasteiger partial charge in [-0.2, -0.15) is 0 Å². The van der Waals surface area contributed by atoms with Gasteiger partial charge in [-0.25, -0.2) is 0 Å². The molecule has 2 fully saturated rings. The summed E-state index contributed by atoms with van der Waals surface area (Å²) < 4.78 is 0. The van der Waals surface area contributed by atoms with E-state index in [0.29, 0.717) is 5.92 Å². The molecule has 0 spiro atoms. The van der Waals surface area contributed by atoms with Crippen LogP contribution in [0, 0.1) is 5.92 Å².